The van der Waals surface area contributed by atoms with Crippen LogP contribution >= 0.6 is 0 Å². The zero-order chi connectivity index (χ0) is 15.1. The van der Waals surface area contributed by atoms with E-state index in [4.69, 9.17) is 0 Å². The molecule has 3 N–H and O–H groups in total. The Morgan fingerprint density at radius 2 is 1.70 bits per heavy atom. The van der Waals surface area contributed by atoms with E-state index in [0.29, 0.717) is 0 Å². The molecule has 0 aliphatic carbocycles. The largest absolute Gasteiger partial charge is 0.395 e. The highest BCUT2D eigenvalue weighted by molar-refractivity contribution is 5.25. The molecule has 3 nitrogen and oxygen atoms in total. The number of rotatable bonds is 8. The van der Waals surface area contributed by atoms with Gasteiger partial charge in [0.05, 0.1) is 12.7 Å². The third-order valence-corrected chi connectivity index (χ3v) is 3.93. The maximum Gasteiger partial charge on any atom is 0.0945 e. The predicted molar refractivity (Wildman–Crippen MR) is 83.7 cm³/mol. The van der Waals surface area contributed by atoms with Crippen molar-refractivity contribution < 1.29 is 10.2 Å². The molecule has 0 heterocycles. The number of aryl methyl sites for hydroxylation is 1. The van der Waals surface area contributed by atoms with Gasteiger partial charge >= 0.3 is 0 Å². The molecule has 3 atom stereocenters. The number of benzene rings is 1. The molecule has 0 saturated heterocycles. The second-order valence-corrected chi connectivity index (χ2v) is 5.76. The van der Waals surface area contributed by atoms with E-state index in [0.717, 1.165) is 18.4 Å². The summed E-state index contributed by atoms with van der Waals surface area (Å²) < 4.78 is 0. The normalized spacial score (nSPS) is 16.1. The van der Waals surface area contributed by atoms with Crippen molar-refractivity contribution >= 4 is 0 Å². The number of aliphatic hydroxyl groups excluding tert-OH is 2. The van der Waals surface area contributed by atoms with Gasteiger partial charge in [-0.3, -0.25) is 0 Å². The Morgan fingerprint density at radius 1 is 1.10 bits per heavy atom. The van der Waals surface area contributed by atoms with Gasteiger partial charge in [0.2, 0.25) is 0 Å². The van der Waals surface area contributed by atoms with Crippen LogP contribution in [-0.4, -0.2) is 28.9 Å². The molecule has 3 unspecified atom stereocenters. The molecule has 0 amide bonds. The smallest absolute Gasteiger partial charge is 0.0945 e. The molecular formula is C17H29NO2. The summed E-state index contributed by atoms with van der Waals surface area (Å²) in [6, 6.07) is 8.12. The van der Waals surface area contributed by atoms with Gasteiger partial charge in [-0.05, 0) is 29.9 Å². The first-order valence-corrected chi connectivity index (χ1v) is 7.67. The standard InChI is InChI=1S/C17H29NO2/c1-5-13-7-9-14(10-8-13)17(20)16(12(3)4)18-15(6-2)11-19/h7-10,12,15-20H,5-6,11H2,1-4H3. The van der Waals surface area contributed by atoms with E-state index in [9.17, 15) is 10.2 Å². The average molecular weight is 279 g/mol. The second kappa shape index (κ2) is 8.40. The van der Waals surface area contributed by atoms with Gasteiger partial charge in [0.1, 0.15) is 0 Å². The van der Waals surface area contributed by atoms with E-state index < -0.39 is 6.10 Å². The summed E-state index contributed by atoms with van der Waals surface area (Å²) in [6.45, 7) is 8.43. The van der Waals surface area contributed by atoms with Crippen molar-refractivity contribution in [1.29, 1.82) is 0 Å². The minimum atomic E-state index is -0.554. The highest BCUT2D eigenvalue weighted by Gasteiger charge is 2.25. The van der Waals surface area contributed by atoms with Gasteiger partial charge in [0.25, 0.3) is 0 Å². The molecule has 0 radical (unpaired) electrons. The van der Waals surface area contributed by atoms with Gasteiger partial charge in [-0.15, -0.1) is 0 Å². The van der Waals surface area contributed by atoms with Crippen molar-refractivity contribution in [2.75, 3.05) is 6.61 Å². The van der Waals surface area contributed by atoms with Crippen LogP contribution in [0, 0.1) is 5.92 Å². The molecule has 3 heteroatoms. The predicted octanol–water partition coefficient (Wildman–Crippen LogP) is 2.67. The Labute approximate surface area is 123 Å². The Balaban J connectivity index is 2.84. The zero-order valence-electron chi connectivity index (χ0n) is 13.1. The van der Waals surface area contributed by atoms with Crippen molar-refractivity contribution in [1.82, 2.24) is 5.32 Å². The van der Waals surface area contributed by atoms with Gasteiger partial charge in [0, 0.05) is 12.1 Å². The van der Waals surface area contributed by atoms with Crippen molar-refractivity contribution in [3.63, 3.8) is 0 Å². The van der Waals surface area contributed by atoms with Crippen molar-refractivity contribution in [3.8, 4) is 0 Å². The first-order valence-electron chi connectivity index (χ1n) is 7.67. The summed E-state index contributed by atoms with van der Waals surface area (Å²) >= 11 is 0. The summed E-state index contributed by atoms with van der Waals surface area (Å²) in [4.78, 5) is 0. The van der Waals surface area contributed by atoms with Crippen LogP contribution in [0.3, 0.4) is 0 Å². The summed E-state index contributed by atoms with van der Waals surface area (Å²) in [5.74, 6) is 0.288. The number of hydrogen-bond donors (Lipinski definition) is 3. The highest BCUT2D eigenvalue weighted by Crippen LogP contribution is 2.23. The first-order chi connectivity index (χ1) is 9.53. The van der Waals surface area contributed by atoms with E-state index in [2.05, 4.69) is 38.2 Å². The lowest BCUT2D eigenvalue weighted by molar-refractivity contribution is 0.0886. The van der Waals surface area contributed by atoms with Gasteiger partial charge in [-0.1, -0.05) is 52.0 Å². The fraction of sp³-hybridized carbons (Fsp3) is 0.647. The molecule has 1 aromatic carbocycles. The van der Waals surface area contributed by atoms with E-state index in [-0.39, 0.29) is 24.6 Å². The van der Waals surface area contributed by atoms with Crippen LogP contribution in [0.5, 0.6) is 0 Å². The first kappa shape index (κ1) is 17.2. The third kappa shape index (κ3) is 4.58. The molecule has 0 spiro atoms. The van der Waals surface area contributed by atoms with Gasteiger partial charge in [-0.25, -0.2) is 0 Å². The number of hydrogen-bond acceptors (Lipinski definition) is 3. The Morgan fingerprint density at radius 3 is 2.10 bits per heavy atom. The molecule has 20 heavy (non-hydrogen) atoms. The molecule has 1 rings (SSSR count). The fourth-order valence-electron chi connectivity index (χ4n) is 2.38. The lowest BCUT2D eigenvalue weighted by atomic mass is 9.92. The minimum absolute atomic E-state index is 0.0342. The van der Waals surface area contributed by atoms with Crippen LogP contribution in [0.2, 0.25) is 0 Å². The topological polar surface area (TPSA) is 52.5 Å². The molecule has 0 saturated carbocycles. The monoisotopic (exact) mass is 279 g/mol. The van der Waals surface area contributed by atoms with E-state index in [1.807, 2.05) is 19.1 Å². The summed E-state index contributed by atoms with van der Waals surface area (Å²) in [6.07, 6.45) is 1.30. The van der Waals surface area contributed by atoms with Crippen molar-refractivity contribution in [2.45, 2.75) is 58.7 Å². The van der Waals surface area contributed by atoms with Crippen LogP contribution in [0.15, 0.2) is 24.3 Å². The molecule has 0 aliphatic heterocycles. The zero-order valence-corrected chi connectivity index (χ0v) is 13.1. The Hall–Kier alpha value is -0.900. The molecule has 1 aromatic rings. The lowest BCUT2D eigenvalue weighted by Gasteiger charge is -2.31. The van der Waals surface area contributed by atoms with Crippen LogP contribution in [0.25, 0.3) is 0 Å². The minimum Gasteiger partial charge on any atom is -0.395 e. The van der Waals surface area contributed by atoms with E-state index in [1.165, 1.54) is 5.56 Å². The summed E-state index contributed by atoms with van der Waals surface area (Å²) in [5.41, 5.74) is 2.21. The van der Waals surface area contributed by atoms with Crippen molar-refractivity contribution in [3.05, 3.63) is 35.4 Å². The quantitative estimate of drug-likeness (QED) is 0.686. The van der Waals surface area contributed by atoms with Gasteiger partial charge in [-0.2, -0.15) is 0 Å². The number of nitrogens with one attached hydrogen (secondary N) is 1. The molecule has 114 valence electrons. The van der Waals surface area contributed by atoms with Crippen molar-refractivity contribution in [2.24, 2.45) is 5.92 Å². The molecule has 0 aliphatic rings. The molecule has 0 fully saturated rings. The fourth-order valence-corrected chi connectivity index (χ4v) is 2.38. The molecule has 0 bridgehead atoms. The lowest BCUT2D eigenvalue weighted by Crippen LogP contribution is -2.46. The SMILES string of the molecule is CCc1ccc(C(O)C(NC(CC)CO)C(C)C)cc1. The van der Waals surface area contributed by atoms with Crippen LogP contribution in [0.1, 0.15) is 51.3 Å². The molecule has 0 aromatic heterocycles. The third-order valence-electron chi connectivity index (χ3n) is 3.93. The Kier molecular flexibility index (Phi) is 7.20. The van der Waals surface area contributed by atoms with Gasteiger partial charge < -0.3 is 15.5 Å². The van der Waals surface area contributed by atoms with Crippen LogP contribution in [-0.2, 0) is 6.42 Å². The average Bonchev–Trinajstić information content (AvgIpc) is 2.47. The maximum atomic E-state index is 10.6. The van der Waals surface area contributed by atoms with Gasteiger partial charge in [0.15, 0.2) is 0 Å². The number of aliphatic hydroxyl groups is 2. The summed E-state index contributed by atoms with van der Waals surface area (Å²) in [7, 11) is 0. The summed E-state index contributed by atoms with van der Waals surface area (Å²) in [5, 5.41) is 23.3. The Bertz CT molecular complexity index is 371. The highest BCUT2D eigenvalue weighted by atomic mass is 16.3. The second-order valence-electron chi connectivity index (χ2n) is 5.76. The molecular weight excluding hydrogens is 250 g/mol. The maximum absolute atomic E-state index is 10.6. The van der Waals surface area contributed by atoms with E-state index >= 15 is 0 Å². The van der Waals surface area contributed by atoms with E-state index in [1.54, 1.807) is 0 Å². The van der Waals surface area contributed by atoms with Crippen LogP contribution < -0.4 is 5.32 Å². The van der Waals surface area contributed by atoms with Crippen LogP contribution in [0.4, 0.5) is 0 Å².